The lowest BCUT2D eigenvalue weighted by Crippen LogP contribution is -2.43. The van der Waals surface area contributed by atoms with Gasteiger partial charge in [0.2, 0.25) is 0 Å². The van der Waals surface area contributed by atoms with Gasteiger partial charge in [0, 0.05) is 35.2 Å². The Morgan fingerprint density at radius 3 is 2.88 bits per heavy atom. The van der Waals surface area contributed by atoms with E-state index in [2.05, 4.69) is 35.9 Å². The first-order valence-electron chi connectivity index (χ1n) is 5.93. The average Bonchev–Trinajstić information content (AvgIpc) is 2.27. The number of pyridine rings is 1. The first kappa shape index (κ1) is 13.0. The standard InChI is InChI=1S/C13H19ClN2S/c1-10-6-11(8-14)7-12(15-10)16-4-5-17-13(2,3)9-16/h6-7H,4-5,8-9H2,1-3H3. The van der Waals surface area contributed by atoms with Crippen LogP contribution >= 0.6 is 23.4 Å². The molecule has 0 N–H and O–H groups in total. The number of alkyl halides is 1. The largest absolute Gasteiger partial charge is 0.354 e. The summed E-state index contributed by atoms with van der Waals surface area (Å²) in [6.45, 7) is 8.75. The van der Waals surface area contributed by atoms with Gasteiger partial charge in [0.1, 0.15) is 5.82 Å². The molecule has 0 aromatic carbocycles. The van der Waals surface area contributed by atoms with Crippen molar-refractivity contribution in [2.24, 2.45) is 0 Å². The predicted molar refractivity (Wildman–Crippen MR) is 77.3 cm³/mol. The lowest BCUT2D eigenvalue weighted by Gasteiger charge is -2.38. The zero-order valence-corrected chi connectivity index (χ0v) is 12.2. The monoisotopic (exact) mass is 270 g/mol. The van der Waals surface area contributed by atoms with Crippen LogP contribution in [0.2, 0.25) is 0 Å². The van der Waals surface area contributed by atoms with Crippen molar-refractivity contribution in [2.45, 2.75) is 31.4 Å². The summed E-state index contributed by atoms with van der Waals surface area (Å²) in [6.07, 6.45) is 0. The number of nitrogens with zero attached hydrogens (tertiary/aromatic N) is 2. The molecule has 0 aliphatic carbocycles. The smallest absolute Gasteiger partial charge is 0.129 e. The maximum absolute atomic E-state index is 5.92. The van der Waals surface area contributed by atoms with E-state index < -0.39 is 0 Å². The van der Waals surface area contributed by atoms with Crippen LogP contribution < -0.4 is 4.90 Å². The minimum atomic E-state index is 0.310. The van der Waals surface area contributed by atoms with Crippen LogP contribution in [0.3, 0.4) is 0 Å². The van der Waals surface area contributed by atoms with Gasteiger partial charge in [-0.25, -0.2) is 4.98 Å². The Morgan fingerprint density at radius 1 is 1.47 bits per heavy atom. The van der Waals surface area contributed by atoms with Crippen LogP contribution in [0, 0.1) is 6.92 Å². The average molecular weight is 271 g/mol. The van der Waals surface area contributed by atoms with Crippen molar-refractivity contribution in [1.82, 2.24) is 4.98 Å². The van der Waals surface area contributed by atoms with E-state index in [-0.39, 0.29) is 0 Å². The molecule has 0 spiro atoms. The highest BCUT2D eigenvalue weighted by atomic mass is 35.5. The maximum atomic E-state index is 5.92. The number of hydrogen-bond donors (Lipinski definition) is 0. The predicted octanol–water partition coefficient (Wildman–Crippen LogP) is 3.46. The van der Waals surface area contributed by atoms with Gasteiger partial charge in [0.15, 0.2) is 0 Å². The van der Waals surface area contributed by atoms with Gasteiger partial charge in [-0.05, 0) is 38.5 Å². The summed E-state index contributed by atoms with van der Waals surface area (Å²) in [5.41, 5.74) is 2.21. The van der Waals surface area contributed by atoms with Crippen molar-refractivity contribution in [2.75, 3.05) is 23.7 Å². The van der Waals surface area contributed by atoms with Crippen LogP contribution in [-0.2, 0) is 5.88 Å². The molecule has 0 radical (unpaired) electrons. The van der Waals surface area contributed by atoms with Crippen LogP contribution in [0.25, 0.3) is 0 Å². The third-order valence-electron chi connectivity index (χ3n) is 2.90. The Hall–Kier alpha value is -0.410. The summed E-state index contributed by atoms with van der Waals surface area (Å²) in [7, 11) is 0. The summed E-state index contributed by atoms with van der Waals surface area (Å²) in [4.78, 5) is 7.00. The second kappa shape index (κ2) is 5.07. The van der Waals surface area contributed by atoms with Crippen LogP contribution in [0.4, 0.5) is 5.82 Å². The molecule has 0 unspecified atom stereocenters. The van der Waals surface area contributed by atoms with Crippen molar-refractivity contribution in [1.29, 1.82) is 0 Å². The molecule has 0 atom stereocenters. The Kier molecular flexibility index (Phi) is 3.88. The summed E-state index contributed by atoms with van der Waals surface area (Å²) in [5, 5.41) is 0. The van der Waals surface area contributed by atoms with Gasteiger partial charge in [-0.15, -0.1) is 11.6 Å². The van der Waals surface area contributed by atoms with Gasteiger partial charge in [-0.3, -0.25) is 0 Å². The lowest BCUT2D eigenvalue weighted by molar-refractivity contribution is 0.641. The fraction of sp³-hybridized carbons (Fsp3) is 0.615. The number of aromatic nitrogens is 1. The SMILES string of the molecule is Cc1cc(CCl)cc(N2CCSC(C)(C)C2)n1. The Balaban J connectivity index is 2.24. The van der Waals surface area contributed by atoms with Gasteiger partial charge < -0.3 is 4.90 Å². The van der Waals surface area contributed by atoms with Crippen molar-refractivity contribution in [3.05, 3.63) is 23.4 Å². The number of anilines is 1. The Bertz CT molecular complexity index is 406. The van der Waals surface area contributed by atoms with Crippen LogP contribution in [0.5, 0.6) is 0 Å². The van der Waals surface area contributed by atoms with Gasteiger partial charge in [0.25, 0.3) is 0 Å². The fourth-order valence-corrected chi connectivity index (χ4v) is 3.44. The lowest BCUT2D eigenvalue weighted by atomic mass is 10.1. The van der Waals surface area contributed by atoms with E-state index in [4.69, 9.17) is 11.6 Å². The third-order valence-corrected chi connectivity index (χ3v) is 4.51. The molecule has 1 fully saturated rings. The number of thioether (sulfide) groups is 1. The van der Waals surface area contributed by atoms with Crippen molar-refractivity contribution in [3.8, 4) is 0 Å². The van der Waals surface area contributed by atoms with Crippen LogP contribution in [0.15, 0.2) is 12.1 Å². The van der Waals surface area contributed by atoms with Crippen LogP contribution in [0.1, 0.15) is 25.1 Å². The highest BCUT2D eigenvalue weighted by Gasteiger charge is 2.27. The molecule has 94 valence electrons. The van der Waals surface area contributed by atoms with E-state index in [9.17, 15) is 0 Å². The van der Waals surface area contributed by atoms with Gasteiger partial charge in [0.05, 0.1) is 0 Å². The molecule has 1 aliphatic heterocycles. The first-order valence-corrected chi connectivity index (χ1v) is 7.45. The second-order valence-corrected chi connectivity index (χ2v) is 7.21. The number of hydrogen-bond acceptors (Lipinski definition) is 3. The molecule has 1 saturated heterocycles. The minimum absolute atomic E-state index is 0.310. The van der Waals surface area contributed by atoms with Gasteiger partial charge >= 0.3 is 0 Å². The highest BCUT2D eigenvalue weighted by molar-refractivity contribution is 8.00. The van der Waals surface area contributed by atoms with Crippen molar-refractivity contribution in [3.63, 3.8) is 0 Å². The Morgan fingerprint density at radius 2 is 2.24 bits per heavy atom. The summed E-state index contributed by atoms with van der Waals surface area (Å²) in [6, 6.07) is 4.17. The summed E-state index contributed by atoms with van der Waals surface area (Å²) in [5.74, 6) is 2.80. The van der Waals surface area contributed by atoms with Crippen LogP contribution in [-0.4, -0.2) is 28.6 Å². The number of halogens is 1. The number of rotatable bonds is 2. The molecule has 1 aromatic rings. The summed E-state index contributed by atoms with van der Waals surface area (Å²) < 4.78 is 0.310. The quantitative estimate of drug-likeness (QED) is 0.766. The zero-order valence-electron chi connectivity index (χ0n) is 10.7. The molecule has 2 heterocycles. The zero-order chi connectivity index (χ0) is 12.5. The van der Waals surface area contributed by atoms with E-state index >= 15 is 0 Å². The topological polar surface area (TPSA) is 16.1 Å². The molecule has 1 aromatic heterocycles. The fourth-order valence-electron chi connectivity index (χ4n) is 2.17. The second-order valence-electron chi connectivity index (χ2n) is 5.14. The third kappa shape index (κ3) is 3.29. The molecule has 0 bridgehead atoms. The molecular formula is C13H19ClN2S. The number of aryl methyl sites for hydroxylation is 1. The molecular weight excluding hydrogens is 252 g/mol. The first-order chi connectivity index (χ1) is 8.00. The maximum Gasteiger partial charge on any atom is 0.129 e. The van der Waals surface area contributed by atoms with Crippen molar-refractivity contribution < 1.29 is 0 Å². The van der Waals surface area contributed by atoms with E-state index in [0.717, 1.165) is 30.2 Å². The molecule has 0 amide bonds. The Labute approximate surface area is 113 Å². The molecule has 1 aliphatic rings. The summed E-state index contributed by atoms with van der Waals surface area (Å²) >= 11 is 7.95. The minimum Gasteiger partial charge on any atom is -0.354 e. The molecule has 2 nitrogen and oxygen atoms in total. The van der Waals surface area contributed by atoms with E-state index in [1.807, 2.05) is 18.7 Å². The van der Waals surface area contributed by atoms with Gasteiger partial charge in [-0.1, -0.05) is 0 Å². The van der Waals surface area contributed by atoms with Crippen molar-refractivity contribution >= 4 is 29.2 Å². The molecule has 0 saturated carbocycles. The van der Waals surface area contributed by atoms with Gasteiger partial charge in [-0.2, -0.15) is 11.8 Å². The normalized spacial score (nSPS) is 19.4. The molecule has 4 heteroatoms. The van der Waals surface area contributed by atoms with E-state index in [0.29, 0.717) is 10.6 Å². The van der Waals surface area contributed by atoms with E-state index in [1.165, 1.54) is 5.75 Å². The highest BCUT2D eigenvalue weighted by Crippen LogP contribution is 2.31. The molecule has 2 rings (SSSR count). The van der Waals surface area contributed by atoms with E-state index in [1.54, 1.807) is 0 Å². The molecule has 17 heavy (non-hydrogen) atoms.